The van der Waals surface area contributed by atoms with Gasteiger partial charge in [0, 0.05) is 54.5 Å². The third-order valence-corrected chi connectivity index (χ3v) is 5.57. The summed E-state index contributed by atoms with van der Waals surface area (Å²) < 4.78 is 10.5. The lowest BCUT2D eigenvalue weighted by atomic mass is 10.0. The van der Waals surface area contributed by atoms with Crippen LogP contribution in [0.2, 0.25) is 0 Å². The van der Waals surface area contributed by atoms with E-state index in [1.54, 1.807) is 20.4 Å². The Hall–Kier alpha value is -3.19. The van der Waals surface area contributed by atoms with Gasteiger partial charge in [0.05, 0.1) is 14.2 Å². The van der Waals surface area contributed by atoms with Crippen molar-refractivity contribution in [2.45, 2.75) is 6.04 Å². The molecule has 7 nitrogen and oxygen atoms in total. The number of aromatic nitrogens is 1. The largest absolute Gasteiger partial charge is 0.497 e. The van der Waals surface area contributed by atoms with E-state index in [-0.39, 0.29) is 0 Å². The van der Waals surface area contributed by atoms with Gasteiger partial charge in [0.15, 0.2) is 0 Å². The van der Waals surface area contributed by atoms with E-state index in [1.807, 2.05) is 47.4 Å². The molecule has 0 amide bonds. The molecular weight excluding hydrogens is 370 g/mol. The summed E-state index contributed by atoms with van der Waals surface area (Å²) in [5.41, 5.74) is 2.79. The zero-order valence-corrected chi connectivity index (χ0v) is 16.6. The van der Waals surface area contributed by atoms with Crippen LogP contribution in [0.4, 0.5) is 5.69 Å². The lowest BCUT2D eigenvalue weighted by molar-refractivity contribution is -0.143. The average Bonchev–Trinajstić information content (AvgIpc) is 3.17. The number of carboxylic acid groups (broad SMARTS) is 1. The van der Waals surface area contributed by atoms with Gasteiger partial charge in [0.1, 0.15) is 17.5 Å². The van der Waals surface area contributed by atoms with Crippen LogP contribution in [0.25, 0.3) is 10.9 Å². The molecule has 2 aromatic carbocycles. The van der Waals surface area contributed by atoms with Crippen LogP contribution in [-0.2, 0) is 4.79 Å². The smallest absolute Gasteiger partial charge is 0.325 e. The fourth-order valence-electron chi connectivity index (χ4n) is 3.99. The first-order valence-electron chi connectivity index (χ1n) is 9.61. The van der Waals surface area contributed by atoms with Crippen molar-refractivity contribution in [3.8, 4) is 11.5 Å². The number of aliphatic carboxylic acids is 1. The van der Waals surface area contributed by atoms with Crippen LogP contribution >= 0.6 is 0 Å². The molecule has 1 unspecified atom stereocenters. The number of H-pyrrole nitrogens is 1. The SMILES string of the molecule is COc1ccc(N2CCN(C(C(=O)O)c3c[nH]c4ccc(OC)cc34)CC2)cc1. The molecule has 2 heterocycles. The number of benzene rings is 2. The van der Waals surface area contributed by atoms with E-state index >= 15 is 0 Å². The highest BCUT2D eigenvalue weighted by molar-refractivity contribution is 5.90. The number of aromatic amines is 1. The summed E-state index contributed by atoms with van der Waals surface area (Å²) >= 11 is 0. The highest BCUT2D eigenvalue weighted by atomic mass is 16.5. The number of nitrogens with zero attached hydrogens (tertiary/aromatic N) is 2. The molecule has 4 rings (SSSR count). The van der Waals surface area contributed by atoms with Gasteiger partial charge in [-0.3, -0.25) is 9.69 Å². The summed E-state index contributed by atoms with van der Waals surface area (Å²) in [6.07, 6.45) is 1.80. The number of carbonyl (C=O) groups is 1. The highest BCUT2D eigenvalue weighted by Gasteiger charge is 2.32. The fourth-order valence-corrected chi connectivity index (χ4v) is 3.99. The lowest BCUT2D eigenvalue weighted by Crippen LogP contribution is -2.49. The first-order valence-corrected chi connectivity index (χ1v) is 9.61. The minimum Gasteiger partial charge on any atom is -0.497 e. The number of fused-ring (bicyclic) bond motifs is 1. The summed E-state index contributed by atoms with van der Waals surface area (Å²) in [5.74, 6) is 0.700. The molecule has 2 N–H and O–H groups in total. The first kappa shape index (κ1) is 19.1. The molecule has 0 saturated carbocycles. The minimum absolute atomic E-state index is 0.666. The van der Waals surface area contributed by atoms with Gasteiger partial charge < -0.3 is 24.5 Å². The molecule has 1 atom stereocenters. The molecule has 29 heavy (non-hydrogen) atoms. The zero-order valence-electron chi connectivity index (χ0n) is 16.6. The number of hydrogen-bond donors (Lipinski definition) is 2. The molecule has 1 aliphatic heterocycles. The van der Waals surface area contributed by atoms with Crippen LogP contribution in [0.5, 0.6) is 11.5 Å². The van der Waals surface area contributed by atoms with E-state index in [0.29, 0.717) is 18.8 Å². The number of rotatable bonds is 6. The van der Waals surface area contributed by atoms with Gasteiger partial charge in [-0.2, -0.15) is 0 Å². The molecule has 0 bridgehead atoms. The van der Waals surface area contributed by atoms with E-state index in [4.69, 9.17) is 9.47 Å². The van der Waals surface area contributed by atoms with Gasteiger partial charge in [-0.25, -0.2) is 0 Å². The Balaban J connectivity index is 1.54. The molecule has 1 aromatic heterocycles. The Morgan fingerprint density at radius 2 is 1.66 bits per heavy atom. The topological polar surface area (TPSA) is 78.0 Å². The van der Waals surface area contributed by atoms with E-state index in [0.717, 1.165) is 41.0 Å². The molecule has 1 saturated heterocycles. The average molecular weight is 395 g/mol. The molecule has 0 aliphatic carbocycles. The number of methoxy groups -OCH3 is 2. The van der Waals surface area contributed by atoms with Crippen LogP contribution in [0.15, 0.2) is 48.7 Å². The second kappa shape index (κ2) is 8.05. The highest BCUT2D eigenvalue weighted by Crippen LogP contribution is 2.32. The van der Waals surface area contributed by atoms with Crippen molar-refractivity contribution in [2.75, 3.05) is 45.3 Å². The van der Waals surface area contributed by atoms with Crippen LogP contribution in [0.1, 0.15) is 11.6 Å². The maximum atomic E-state index is 12.2. The van der Waals surface area contributed by atoms with Gasteiger partial charge >= 0.3 is 5.97 Å². The summed E-state index contributed by atoms with van der Waals surface area (Å²) in [6, 6.07) is 12.9. The van der Waals surface area contributed by atoms with Gasteiger partial charge in [-0.05, 0) is 42.5 Å². The van der Waals surface area contributed by atoms with E-state index in [2.05, 4.69) is 9.88 Å². The van der Waals surface area contributed by atoms with Gasteiger partial charge in [0.25, 0.3) is 0 Å². The van der Waals surface area contributed by atoms with Crippen molar-refractivity contribution in [1.82, 2.24) is 9.88 Å². The van der Waals surface area contributed by atoms with Crippen LogP contribution in [-0.4, -0.2) is 61.4 Å². The third-order valence-electron chi connectivity index (χ3n) is 5.57. The quantitative estimate of drug-likeness (QED) is 0.668. The number of anilines is 1. The Morgan fingerprint density at radius 1 is 1.00 bits per heavy atom. The molecule has 0 spiro atoms. The number of ether oxygens (including phenoxy) is 2. The summed E-state index contributed by atoms with van der Waals surface area (Å²) in [7, 11) is 3.26. The van der Waals surface area contributed by atoms with Gasteiger partial charge in [-0.1, -0.05) is 0 Å². The Labute approximate surface area is 169 Å². The molecule has 7 heteroatoms. The number of piperazine rings is 1. The predicted octanol–water partition coefficient (Wildman–Crippen LogP) is 3.13. The van der Waals surface area contributed by atoms with Crippen molar-refractivity contribution < 1.29 is 19.4 Å². The van der Waals surface area contributed by atoms with E-state index in [9.17, 15) is 9.90 Å². The van der Waals surface area contributed by atoms with Crippen LogP contribution in [0.3, 0.4) is 0 Å². The number of carboxylic acids is 1. The normalized spacial score (nSPS) is 16.0. The van der Waals surface area contributed by atoms with Crippen LogP contribution < -0.4 is 14.4 Å². The van der Waals surface area contributed by atoms with Crippen molar-refractivity contribution in [3.63, 3.8) is 0 Å². The number of hydrogen-bond acceptors (Lipinski definition) is 5. The van der Waals surface area contributed by atoms with Crippen molar-refractivity contribution in [3.05, 3.63) is 54.2 Å². The van der Waals surface area contributed by atoms with E-state index < -0.39 is 12.0 Å². The monoisotopic (exact) mass is 395 g/mol. The molecule has 0 radical (unpaired) electrons. The minimum atomic E-state index is -0.841. The maximum absolute atomic E-state index is 12.2. The van der Waals surface area contributed by atoms with Gasteiger partial charge in [-0.15, -0.1) is 0 Å². The van der Waals surface area contributed by atoms with Crippen molar-refractivity contribution in [1.29, 1.82) is 0 Å². The lowest BCUT2D eigenvalue weighted by Gasteiger charge is -2.38. The molecule has 1 aliphatic rings. The maximum Gasteiger partial charge on any atom is 0.325 e. The second-order valence-electron chi connectivity index (χ2n) is 7.12. The third kappa shape index (κ3) is 3.73. The van der Waals surface area contributed by atoms with Crippen molar-refractivity contribution >= 4 is 22.6 Å². The Kier molecular flexibility index (Phi) is 5.31. The van der Waals surface area contributed by atoms with E-state index in [1.165, 1.54) is 0 Å². The van der Waals surface area contributed by atoms with Crippen LogP contribution in [0, 0.1) is 0 Å². The molecule has 152 valence electrons. The standard InChI is InChI=1S/C22H25N3O4/c1-28-16-5-3-15(4-6-16)24-9-11-25(12-10-24)21(22(26)27)19-14-23-20-8-7-17(29-2)13-18(19)20/h3-8,13-14,21,23H,9-12H2,1-2H3,(H,26,27). The van der Waals surface area contributed by atoms with Crippen molar-refractivity contribution in [2.24, 2.45) is 0 Å². The summed E-state index contributed by atoms with van der Waals surface area (Å²) in [5, 5.41) is 10.9. The van der Waals surface area contributed by atoms with Gasteiger partial charge in [0.2, 0.25) is 0 Å². The summed E-state index contributed by atoms with van der Waals surface area (Å²) in [6.45, 7) is 2.86. The number of nitrogens with one attached hydrogen (secondary N) is 1. The molecule has 1 fully saturated rings. The second-order valence-corrected chi connectivity index (χ2v) is 7.12. The Morgan fingerprint density at radius 3 is 2.28 bits per heavy atom. The predicted molar refractivity (Wildman–Crippen MR) is 112 cm³/mol. The molecular formula is C22H25N3O4. The zero-order chi connectivity index (χ0) is 20.4. The molecule has 3 aromatic rings. The summed E-state index contributed by atoms with van der Waals surface area (Å²) in [4.78, 5) is 19.7. The first-order chi connectivity index (χ1) is 14.1. The fraction of sp³-hybridized carbons (Fsp3) is 0.318. The Bertz CT molecular complexity index is 991.